The molecule has 0 saturated heterocycles. The Kier molecular flexibility index (Phi) is 9.56. The van der Waals surface area contributed by atoms with E-state index in [4.69, 9.17) is 25.4 Å². The van der Waals surface area contributed by atoms with Gasteiger partial charge in [-0.1, -0.05) is 12.1 Å². The fourth-order valence-electron chi connectivity index (χ4n) is 1.54. The number of nitrogens with one attached hydrogen (secondary N) is 1. The zero-order chi connectivity index (χ0) is 17.8. The first kappa shape index (κ1) is 20.6. The van der Waals surface area contributed by atoms with E-state index in [1.54, 1.807) is 24.3 Å². The quantitative estimate of drug-likeness (QED) is 0.290. The second kappa shape index (κ2) is 11.1. The molecule has 0 radical (unpaired) electrons. The smallest absolute Gasteiger partial charge is 0.424 e. The topological polar surface area (TPSA) is 78.4 Å². The molecule has 0 aromatic heterocycles. The zero-order valence-corrected chi connectivity index (χ0v) is 15.8. The first-order valence-electron chi connectivity index (χ1n) is 7.70. The van der Waals surface area contributed by atoms with E-state index in [1.165, 1.54) is 6.21 Å². The molecule has 0 aliphatic heterocycles. The van der Waals surface area contributed by atoms with Gasteiger partial charge in [0.15, 0.2) is 0 Å². The first-order valence-corrected chi connectivity index (χ1v) is 10.3. The average molecular weight is 374 g/mol. The van der Waals surface area contributed by atoms with Crippen LogP contribution in [0.5, 0.6) is 5.75 Å². The molecule has 0 atom stereocenters. The second-order valence-corrected chi connectivity index (χ2v) is 7.42. The minimum absolute atomic E-state index is 0.416. The van der Waals surface area contributed by atoms with Gasteiger partial charge in [-0.05, 0) is 50.1 Å². The SMILES string of the molecule is CCCNC(=O)O/N=C\c1ccc(OP(=S)(OCC)OCC)cc1. The third kappa shape index (κ3) is 7.88. The summed E-state index contributed by atoms with van der Waals surface area (Å²) in [5.41, 5.74) is 0.742. The predicted molar refractivity (Wildman–Crippen MR) is 97.0 cm³/mol. The van der Waals surface area contributed by atoms with Gasteiger partial charge in [0.25, 0.3) is 0 Å². The molecule has 9 heteroatoms. The normalized spacial score (nSPS) is 11.5. The third-order valence-corrected chi connectivity index (χ3v) is 4.97. The molecule has 1 N–H and O–H groups in total. The Labute approximate surface area is 147 Å². The molecule has 1 aromatic rings. The number of benzene rings is 1. The molecule has 0 bridgehead atoms. The number of hydrogen-bond acceptors (Lipinski definition) is 7. The van der Waals surface area contributed by atoms with E-state index < -0.39 is 12.8 Å². The maximum atomic E-state index is 11.2. The number of hydrogen-bond donors (Lipinski definition) is 1. The lowest BCUT2D eigenvalue weighted by molar-refractivity contribution is 0.151. The van der Waals surface area contributed by atoms with Crippen LogP contribution in [0.25, 0.3) is 0 Å². The Morgan fingerprint density at radius 3 is 2.38 bits per heavy atom. The number of oxime groups is 1. The number of rotatable bonds is 10. The van der Waals surface area contributed by atoms with Crippen molar-refractivity contribution in [2.45, 2.75) is 27.2 Å². The van der Waals surface area contributed by atoms with Gasteiger partial charge in [0.2, 0.25) is 0 Å². The highest BCUT2D eigenvalue weighted by Gasteiger charge is 2.20. The Bertz CT molecular complexity index is 570. The zero-order valence-electron chi connectivity index (χ0n) is 14.1. The van der Waals surface area contributed by atoms with E-state index in [-0.39, 0.29) is 0 Å². The van der Waals surface area contributed by atoms with Crippen molar-refractivity contribution in [3.63, 3.8) is 0 Å². The molecule has 0 aliphatic carbocycles. The summed E-state index contributed by atoms with van der Waals surface area (Å²) in [6.45, 7) is 4.21. The summed E-state index contributed by atoms with van der Waals surface area (Å²) in [5.74, 6) is 0.541. The van der Waals surface area contributed by atoms with E-state index in [0.717, 1.165) is 12.0 Å². The van der Waals surface area contributed by atoms with Gasteiger partial charge in [-0.3, -0.25) is 13.9 Å². The van der Waals surface area contributed by atoms with E-state index in [2.05, 4.69) is 15.3 Å². The molecule has 24 heavy (non-hydrogen) atoms. The van der Waals surface area contributed by atoms with Gasteiger partial charge in [-0.2, -0.15) is 0 Å². The van der Waals surface area contributed by atoms with Crippen LogP contribution < -0.4 is 9.84 Å². The fraction of sp³-hybridized carbons (Fsp3) is 0.467. The molecule has 1 aromatic carbocycles. The molecule has 0 heterocycles. The van der Waals surface area contributed by atoms with Crippen LogP contribution in [0, 0.1) is 0 Å². The van der Waals surface area contributed by atoms with Crippen molar-refractivity contribution in [1.82, 2.24) is 5.32 Å². The van der Waals surface area contributed by atoms with Crippen molar-refractivity contribution in [2.24, 2.45) is 5.16 Å². The predicted octanol–water partition coefficient (Wildman–Crippen LogP) is 3.83. The minimum atomic E-state index is -2.78. The maximum Gasteiger partial charge on any atom is 0.433 e. The summed E-state index contributed by atoms with van der Waals surface area (Å²) < 4.78 is 16.5. The van der Waals surface area contributed by atoms with E-state index >= 15 is 0 Å². The van der Waals surface area contributed by atoms with E-state index in [9.17, 15) is 4.79 Å². The number of carbonyl (C=O) groups is 1. The molecule has 0 spiro atoms. The highest BCUT2D eigenvalue weighted by molar-refractivity contribution is 8.07. The molecule has 0 aliphatic rings. The molecule has 0 unspecified atom stereocenters. The Hall–Kier alpha value is -1.47. The highest BCUT2D eigenvalue weighted by atomic mass is 32.5. The monoisotopic (exact) mass is 374 g/mol. The number of carbonyl (C=O) groups excluding carboxylic acids is 1. The molecular formula is C15H23N2O5PS. The van der Waals surface area contributed by atoms with Crippen molar-refractivity contribution < 1.29 is 23.2 Å². The number of amides is 1. The summed E-state index contributed by atoms with van der Waals surface area (Å²) in [6, 6.07) is 6.95. The molecule has 1 amide bonds. The van der Waals surface area contributed by atoms with Gasteiger partial charge < -0.3 is 9.84 Å². The molecule has 0 fully saturated rings. The highest BCUT2D eigenvalue weighted by Crippen LogP contribution is 2.49. The van der Waals surface area contributed by atoms with Crippen molar-refractivity contribution in [1.29, 1.82) is 0 Å². The first-order chi connectivity index (χ1) is 11.5. The summed E-state index contributed by atoms with van der Waals surface area (Å²) in [7, 11) is 0. The van der Waals surface area contributed by atoms with Gasteiger partial charge >= 0.3 is 12.8 Å². The van der Waals surface area contributed by atoms with Crippen LogP contribution >= 0.6 is 6.72 Å². The van der Waals surface area contributed by atoms with Crippen LogP contribution in [0.15, 0.2) is 29.4 Å². The lowest BCUT2D eigenvalue weighted by atomic mass is 10.2. The third-order valence-electron chi connectivity index (χ3n) is 2.53. The van der Waals surface area contributed by atoms with Crippen LogP contribution in [0.4, 0.5) is 4.79 Å². The summed E-state index contributed by atoms with van der Waals surface area (Å²) in [4.78, 5) is 15.9. The van der Waals surface area contributed by atoms with Gasteiger partial charge in [0, 0.05) is 18.4 Å². The van der Waals surface area contributed by atoms with Crippen LogP contribution in [0.1, 0.15) is 32.8 Å². The average Bonchev–Trinajstić information content (AvgIpc) is 2.55. The molecule has 134 valence electrons. The standard InChI is InChI=1S/C15H23N2O5PS/c1-4-11-16-15(18)21-17-12-13-7-9-14(10-8-13)22-23(24,19-5-2)20-6-3/h7-10,12H,4-6,11H2,1-3H3,(H,16,18)/b17-12-. The van der Waals surface area contributed by atoms with Crippen molar-refractivity contribution in [3.8, 4) is 5.75 Å². The van der Waals surface area contributed by atoms with Crippen molar-refractivity contribution >= 4 is 30.8 Å². The fourth-order valence-corrected chi connectivity index (χ4v) is 3.63. The van der Waals surface area contributed by atoms with Gasteiger partial charge in [-0.25, -0.2) is 4.79 Å². The lowest BCUT2D eigenvalue weighted by Crippen LogP contribution is -2.23. The number of nitrogens with zero attached hydrogens (tertiary/aromatic N) is 1. The van der Waals surface area contributed by atoms with Crippen LogP contribution in [0.2, 0.25) is 0 Å². The Morgan fingerprint density at radius 1 is 1.21 bits per heavy atom. The van der Waals surface area contributed by atoms with Crippen LogP contribution in [0.3, 0.4) is 0 Å². The summed E-state index contributed by atoms with van der Waals surface area (Å²) in [5, 5.41) is 6.16. The molecule has 1 rings (SSSR count). The minimum Gasteiger partial charge on any atom is -0.424 e. The Morgan fingerprint density at radius 2 is 1.83 bits per heavy atom. The summed E-state index contributed by atoms with van der Waals surface area (Å²) in [6.07, 6.45) is 1.68. The van der Waals surface area contributed by atoms with E-state index in [0.29, 0.717) is 25.5 Å². The molecule has 0 saturated carbocycles. The van der Waals surface area contributed by atoms with Crippen LogP contribution in [-0.2, 0) is 25.7 Å². The van der Waals surface area contributed by atoms with Gasteiger partial charge in [0.05, 0.1) is 19.4 Å². The van der Waals surface area contributed by atoms with Gasteiger partial charge in [-0.15, -0.1) is 0 Å². The lowest BCUT2D eigenvalue weighted by Gasteiger charge is -2.20. The van der Waals surface area contributed by atoms with Gasteiger partial charge in [0.1, 0.15) is 5.75 Å². The van der Waals surface area contributed by atoms with Crippen molar-refractivity contribution in [3.05, 3.63) is 29.8 Å². The second-order valence-electron chi connectivity index (χ2n) is 4.48. The largest absolute Gasteiger partial charge is 0.433 e. The molecular weight excluding hydrogens is 351 g/mol. The van der Waals surface area contributed by atoms with Crippen molar-refractivity contribution in [2.75, 3.05) is 19.8 Å². The van der Waals surface area contributed by atoms with Crippen LogP contribution in [-0.4, -0.2) is 32.1 Å². The van der Waals surface area contributed by atoms with E-state index in [1.807, 2.05) is 20.8 Å². The Balaban J connectivity index is 2.59. The maximum absolute atomic E-state index is 11.2. The summed E-state index contributed by atoms with van der Waals surface area (Å²) >= 11 is 5.30. The molecule has 7 nitrogen and oxygen atoms in total.